The summed E-state index contributed by atoms with van der Waals surface area (Å²) in [5, 5.41) is 2.93. The molecular formula is C28H34N4O4. The highest BCUT2D eigenvalue weighted by atomic mass is 16.5. The summed E-state index contributed by atoms with van der Waals surface area (Å²) >= 11 is 0. The van der Waals surface area contributed by atoms with E-state index in [2.05, 4.69) is 10.2 Å². The molecule has 3 aliphatic rings. The van der Waals surface area contributed by atoms with Crippen molar-refractivity contribution in [2.45, 2.75) is 51.1 Å². The Morgan fingerprint density at radius 3 is 2.56 bits per heavy atom. The number of hydrogen-bond acceptors (Lipinski definition) is 5. The van der Waals surface area contributed by atoms with Crippen molar-refractivity contribution in [1.82, 2.24) is 10.2 Å². The molecule has 0 radical (unpaired) electrons. The van der Waals surface area contributed by atoms with E-state index >= 15 is 0 Å². The SMILES string of the molecule is COc1ccccc1CNC(=O)CN1C(=O)[C@H]2CCCCN2c2ccc(C(=O)N3CCCCC3)cc21. The second-order valence-corrected chi connectivity index (χ2v) is 9.77. The average Bonchev–Trinajstić information content (AvgIpc) is 2.94. The van der Waals surface area contributed by atoms with E-state index in [1.165, 1.54) is 0 Å². The number of anilines is 2. The molecule has 3 amide bonds. The zero-order chi connectivity index (χ0) is 25.1. The molecule has 3 aliphatic heterocycles. The predicted octanol–water partition coefficient (Wildman–Crippen LogP) is 3.34. The molecule has 5 rings (SSSR count). The smallest absolute Gasteiger partial charge is 0.253 e. The summed E-state index contributed by atoms with van der Waals surface area (Å²) in [5.41, 5.74) is 3.01. The fourth-order valence-corrected chi connectivity index (χ4v) is 5.58. The number of fused-ring (bicyclic) bond motifs is 3. The number of benzene rings is 2. The van der Waals surface area contributed by atoms with Gasteiger partial charge in [-0.1, -0.05) is 18.2 Å². The van der Waals surface area contributed by atoms with E-state index in [0.29, 0.717) is 23.5 Å². The maximum atomic E-state index is 13.6. The van der Waals surface area contributed by atoms with Gasteiger partial charge < -0.3 is 19.9 Å². The normalized spacial score (nSPS) is 19.4. The van der Waals surface area contributed by atoms with Gasteiger partial charge in [-0.2, -0.15) is 0 Å². The number of carbonyl (C=O) groups excluding carboxylic acids is 3. The van der Waals surface area contributed by atoms with Gasteiger partial charge in [-0.15, -0.1) is 0 Å². The molecule has 2 aromatic rings. The molecule has 8 heteroatoms. The van der Waals surface area contributed by atoms with Gasteiger partial charge in [0.15, 0.2) is 0 Å². The first-order valence-corrected chi connectivity index (χ1v) is 13.0. The Balaban J connectivity index is 1.39. The number of likely N-dealkylation sites (tertiary alicyclic amines) is 1. The van der Waals surface area contributed by atoms with E-state index in [0.717, 1.165) is 69.4 Å². The number of para-hydroxylation sites is 1. The van der Waals surface area contributed by atoms with E-state index in [4.69, 9.17) is 4.74 Å². The molecule has 0 aliphatic carbocycles. The summed E-state index contributed by atoms with van der Waals surface area (Å²) in [6.45, 7) is 2.54. The number of nitrogens with zero attached hydrogens (tertiary/aromatic N) is 3. The fourth-order valence-electron chi connectivity index (χ4n) is 5.58. The fraction of sp³-hybridized carbons (Fsp3) is 0.464. The Hall–Kier alpha value is -3.55. The number of hydrogen-bond donors (Lipinski definition) is 1. The molecule has 0 spiro atoms. The highest BCUT2D eigenvalue weighted by molar-refractivity contribution is 6.09. The second kappa shape index (κ2) is 10.6. The maximum absolute atomic E-state index is 13.6. The molecule has 3 heterocycles. The predicted molar refractivity (Wildman–Crippen MR) is 138 cm³/mol. The highest BCUT2D eigenvalue weighted by Crippen LogP contribution is 2.40. The van der Waals surface area contributed by atoms with E-state index < -0.39 is 0 Å². The van der Waals surface area contributed by atoms with Crippen molar-refractivity contribution in [3.63, 3.8) is 0 Å². The van der Waals surface area contributed by atoms with Gasteiger partial charge in [0.25, 0.3) is 5.91 Å². The van der Waals surface area contributed by atoms with Crippen LogP contribution < -0.4 is 19.9 Å². The van der Waals surface area contributed by atoms with Gasteiger partial charge in [0.1, 0.15) is 18.3 Å². The molecule has 2 fully saturated rings. The Morgan fingerprint density at radius 2 is 1.75 bits per heavy atom. The minimum atomic E-state index is -0.267. The molecule has 2 aromatic carbocycles. The first kappa shape index (κ1) is 24.2. The lowest BCUT2D eigenvalue weighted by Crippen LogP contribution is -2.57. The van der Waals surface area contributed by atoms with E-state index in [9.17, 15) is 14.4 Å². The van der Waals surface area contributed by atoms with Crippen molar-refractivity contribution < 1.29 is 19.1 Å². The number of nitrogens with one attached hydrogen (secondary N) is 1. The van der Waals surface area contributed by atoms with Crippen LogP contribution >= 0.6 is 0 Å². The molecule has 190 valence electrons. The number of piperidine rings is 2. The Morgan fingerprint density at radius 1 is 0.972 bits per heavy atom. The van der Waals surface area contributed by atoms with Crippen molar-refractivity contribution in [1.29, 1.82) is 0 Å². The molecule has 0 bridgehead atoms. The van der Waals surface area contributed by atoms with Crippen LogP contribution in [0.15, 0.2) is 42.5 Å². The molecule has 0 saturated carbocycles. The Bertz CT molecular complexity index is 1140. The Kier molecular flexibility index (Phi) is 7.11. The van der Waals surface area contributed by atoms with Gasteiger partial charge in [0, 0.05) is 37.3 Å². The summed E-state index contributed by atoms with van der Waals surface area (Å²) in [4.78, 5) is 45.5. The van der Waals surface area contributed by atoms with E-state index in [-0.39, 0.29) is 30.3 Å². The van der Waals surface area contributed by atoms with Crippen LogP contribution in [0.25, 0.3) is 0 Å². The monoisotopic (exact) mass is 490 g/mol. The van der Waals surface area contributed by atoms with Crippen LogP contribution in [-0.4, -0.2) is 62.0 Å². The van der Waals surface area contributed by atoms with Gasteiger partial charge in [-0.25, -0.2) is 0 Å². The molecule has 8 nitrogen and oxygen atoms in total. The summed E-state index contributed by atoms with van der Waals surface area (Å²) in [6.07, 6.45) is 5.97. The zero-order valence-electron chi connectivity index (χ0n) is 20.9. The minimum absolute atomic E-state index is 0.00806. The van der Waals surface area contributed by atoms with E-state index in [1.807, 2.05) is 47.4 Å². The van der Waals surface area contributed by atoms with Crippen LogP contribution in [0.4, 0.5) is 11.4 Å². The lowest BCUT2D eigenvalue weighted by molar-refractivity contribution is -0.125. The standard InChI is InChI=1S/C28H34N4O4/c1-36-25-11-4-3-9-21(25)18-29-26(33)19-32-24-17-20(27(34)30-14-6-2-7-15-30)12-13-22(24)31-16-8-5-10-23(31)28(32)35/h3-4,9,11-13,17,23H,2,5-8,10,14-16,18-19H2,1H3,(H,29,33)/t23-/m1/s1. The van der Waals surface area contributed by atoms with Crippen molar-refractivity contribution in [2.75, 3.05) is 43.1 Å². The first-order valence-electron chi connectivity index (χ1n) is 13.0. The van der Waals surface area contributed by atoms with Crippen LogP contribution in [0, 0.1) is 0 Å². The van der Waals surface area contributed by atoms with Crippen LogP contribution in [0.1, 0.15) is 54.4 Å². The van der Waals surface area contributed by atoms with Crippen molar-refractivity contribution >= 4 is 29.1 Å². The van der Waals surface area contributed by atoms with Gasteiger partial charge in [0.05, 0.1) is 18.5 Å². The third-order valence-electron chi connectivity index (χ3n) is 7.49. The van der Waals surface area contributed by atoms with Crippen LogP contribution in [0.5, 0.6) is 5.75 Å². The van der Waals surface area contributed by atoms with Crippen molar-refractivity contribution in [2.24, 2.45) is 0 Å². The Labute approximate surface area is 212 Å². The molecule has 1 atom stereocenters. The lowest BCUT2D eigenvalue weighted by Gasteiger charge is -2.45. The summed E-state index contributed by atoms with van der Waals surface area (Å²) in [6, 6.07) is 12.9. The number of rotatable bonds is 6. The number of amides is 3. The quantitative estimate of drug-likeness (QED) is 0.672. The second-order valence-electron chi connectivity index (χ2n) is 9.77. The topological polar surface area (TPSA) is 82.2 Å². The molecule has 0 unspecified atom stereocenters. The summed E-state index contributed by atoms with van der Waals surface area (Å²) in [7, 11) is 1.60. The van der Waals surface area contributed by atoms with Crippen LogP contribution in [0.2, 0.25) is 0 Å². The largest absolute Gasteiger partial charge is 0.496 e. The van der Waals surface area contributed by atoms with Gasteiger partial charge in [0.2, 0.25) is 11.8 Å². The molecule has 0 aromatic heterocycles. The van der Waals surface area contributed by atoms with Crippen molar-refractivity contribution in [3.05, 3.63) is 53.6 Å². The first-order chi connectivity index (χ1) is 17.6. The van der Waals surface area contributed by atoms with Crippen LogP contribution in [0.3, 0.4) is 0 Å². The zero-order valence-corrected chi connectivity index (χ0v) is 20.9. The van der Waals surface area contributed by atoms with Crippen molar-refractivity contribution in [3.8, 4) is 5.75 Å². The molecule has 1 N–H and O–H groups in total. The van der Waals surface area contributed by atoms with Gasteiger partial charge >= 0.3 is 0 Å². The number of carbonyl (C=O) groups is 3. The van der Waals surface area contributed by atoms with E-state index in [1.54, 1.807) is 12.0 Å². The highest BCUT2D eigenvalue weighted by Gasteiger charge is 2.40. The number of ether oxygens (including phenoxy) is 1. The molecular weight excluding hydrogens is 456 g/mol. The molecule has 2 saturated heterocycles. The third-order valence-corrected chi connectivity index (χ3v) is 7.49. The summed E-state index contributed by atoms with van der Waals surface area (Å²) < 4.78 is 5.38. The third kappa shape index (κ3) is 4.76. The minimum Gasteiger partial charge on any atom is -0.496 e. The molecule has 36 heavy (non-hydrogen) atoms. The maximum Gasteiger partial charge on any atom is 0.253 e. The lowest BCUT2D eigenvalue weighted by atomic mass is 9.95. The number of methoxy groups -OCH3 is 1. The van der Waals surface area contributed by atoms with Gasteiger partial charge in [-0.3, -0.25) is 19.3 Å². The van der Waals surface area contributed by atoms with Gasteiger partial charge in [-0.05, 0) is 62.8 Å². The van der Waals surface area contributed by atoms with Crippen LogP contribution in [-0.2, 0) is 16.1 Å². The average molecular weight is 491 g/mol. The summed E-state index contributed by atoms with van der Waals surface area (Å²) in [5.74, 6) is 0.372.